The molecule has 4 nitrogen and oxygen atoms in total. The van der Waals surface area contributed by atoms with Crippen molar-refractivity contribution in [3.05, 3.63) is 70.5 Å². The highest BCUT2D eigenvalue weighted by atomic mass is 35.5. The molecule has 0 spiro atoms. The lowest BCUT2D eigenvalue weighted by Gasteiger charge is -2.29. The molecule has 0 saturated carbocycles. The van der Waals surface area contributed by atoms with Gasteiger partial charge in [0, 0.05) is 18.1 Å². The van der Waals surface area contributed by atoms with Gasteiger partial charge < -0.3 is 10.2 Å². The topological polar surface area (TPSA) is 49.4 Å². The zero-order valence-corrected chi connectivity index (χ0v) is 16.3. The summed E-state index contributed by atoms with van der Waals surface area (Å²) in [6.45, 7) is 4.39. The largest absolute Gasteiger partial charge is 0.354 e. The van der Waals surface area contributed by atoms with Gasteiger partial charge in [0.15, 0.2) is 0 Å². The van der Waals surface area contributed by atoms with Gasteiger partial charge in [0.05, 0.1) is 6.42 Å². The fourth-order valence-electron chi connectivity index (χ4n) is 2.72. The second-order valence-electron chi connectivity index (χ2n) is 6.39. The van der Waals surface area contributed by atoms with Gasteiger partial charge in [-0.15, -0.1) is 0 Å². The lowest BCUT2D eigenvalue weighted by molar-refractivity contribution is -0.140. The average molecular weight is 391 g/mol. The van der Waals surface area contributed by atoms with Gasteiger partial charge in [-0.3, -0.25) is 9.59 Å². The number of carbonyl (C=O) groups is 2. The molecule has 0 aliphatic heterocycles. The molecule has 2 rings (SSSR count). The molecule has 6 heteroatoms. The van der Waals surface area contributed by atoms with Crippen molar-refractivity contribution in [3.8, 4) is 0 Å². The van der Waals surface area contributed by atoms with Crippen LogP contribution >= 0.6 is 11.6 Å². The Bertz CT molecular complexity index is 797. The van der Waals surface area contributed by atoms with Gasteiger partial charge in [-0.25, -0.2) is 4.39 Å². The predicted molar refractivity (Wildman–Crippen MR) is 105 cm³/mol. The zero-order valence-electron chi connectivity index (χ0n) is 15.5. The Morgan fingerprint density at radius 3 is 2.59 bits per heavy atom. The molecule has 1 atom stereocenters. The minimum Gasteiger partial charge on any atom is -0.354 e. The normalized spacial score (nSPS) is 11.7. The fraction of sp³-hybridized carbons (Fsp3) is 0.333. The maximum Gasteiger partial charge on any atom is 0.242 e. The molecule has 2 aromatic carbocycles. The van der Waals surface area contributed by atoms with Crippen LogP contribution in [-0.2, 0) is 22.6 Å². The molecule has 0 saturated heterocycles. The van der Waals surface area contributed by atoms with E-state index < -0.39 is 11.9 Å². The first-order valence-corrected chi connectivity index (χ1v) is 9.35. The van der Waals surface area contributed by atoms with Crippen LogP contribution in [0.15, 0.2) is 48.5 Å². The highest BCUT2D eigenvalue weighted by Gasteiger charge is 2.26. The summed E-state index contributed by atoms with van der Waals surface area (Å²) in [4.78, 5) is 26.8. The number of carbonyl (C=O) groups excluding carboxylic acids is 2. The lowest BCUT2D eigenvalue weighted by Crippen LogP contribution is -2.48. The van der Waals surface area contributed by atoms with Crippen LogP contribution in [-0.4, -0.2) is 29.3 Å². The van der Waals surface area contributed by atoms with E-state index >= 15 is 0 Å². The van der Waals surface area contributed by atoms with Crippen LogP contribution in [0.25, 0.3) is 0 Å². The van der Waals surface area contributed by atoms with E-state index in [1.54, 1.807) is 43.3 Å². The molecule has 0 aromatic heterocycles. The van der Waals surface area contributed by atoms with E-state index in [0.717, 1.165) is 12.0 Å². The van der Waals surface area contributed by atoms with Crippen LogP contribution in [0.5, 0.6) is 0 Å². The molecule has 0 radical (unpaired) electrons. The number of hydrogen-bond acceptors (Lipinski definition) is 2. The van der Waals surface area contributed by atoms with Gasteiger partial charge in [0.1, 0.15) is 11.9 Å². The average Bonchev–Trinajstić information content (AvgIpc) is 2.65. The molecule has 144 valence electrons. The number of nitrogens with zero attached hydrogens (tertiary/aromatic N) is 1. The summed E-state index contributed by atoms with van der Waals surface area (Å²) in [5.74, 6) is -0.989. The third-order valence-corrected chi connectivity index (χ3v) is 4.49. The number of benzene rings is 2. The first-order chi connectivity index (χ1) is 12.9. The Balaban J connectivity index is 2.23. The van der Waals surface area contributed by atoms with Crippen molar-refractivity contribution in [3.63, 3.8) is 0 Å². The number of nitrogens with one attached hydrogen (secondary N) is 1. The molecule has 1 N–H and O–H groups in total. The van der Waals surface area contributed by atoms with Crippen LogP contribution in [0.2, 0.25) is 5.02 Å². The van der Waals surface area contributed by atoms with Gasteiger partial charge in [-0.05, 0) is 42.7 Å². The Morgan fingerprint density at radius 1 is 1.19 bits per heavy atom. The van der Waals surface area contributed by atoms with E-state index in [0.29, 0.717) is 17.1 Å². The van der Waals surface area contributed by atoms with E-state index in [9.17, 15) is 14.0 Å². The summed E-state index contributed by atoms with van der Waals surface area (Å²) >= 11 is 6.04. The molecular weight excluding hydrogens is 367 g/mol. The highest BCUT2D eigenvalue weighted by Crippen LogP contribution is 2.17. The van der Waals surface area contributed by atoms with E-state index in [2.05, 4.69) is 5.32 Å². The lowest BCUT2D eigenvalue weighted by atomic mass is 10.1. The summed E-state index contributed by atoms with van der Waals surface area (Å²) in [6, 6.07) is 12.6. The highest BCUT2D eigenvalue weighted by molar-refractivity contribution is 6.30. The molecular formula is C21H24ClFN2O2. The van der Waals surface area contributed by atoms with Gasteiger partial charge in [-0.1, -0.05) is 48.9 Å². The van der Waals surface area contributed by atoms with Crippen LogP contribution in [0, 0.1) is 5.82 Å². The summed E-state index contributed by atoms with van der Waals surface area (Å²) in [6.07, 6.45) is 0.689. The van der Waals surface area contributed by atoms with E-state index in [1.807, 2.05) is 13.0 Å². The maximum atomic E-state index is 14.0. The Morgan fingerprint density at radius 2 is 1.93 bits per heavy atom. The van der Waals surface area contributed by atoms with Crippen molar-refractivity contribution in [2.45, 2.75) is 39.3 Å². The second kappa shape index (κ2) is 10.1. The predicted octanol–water partition coefficient (Wildman–Crippen LogP) is 3.97. The Hall–Kier alpha value is -2.40. The number of hydrogen-bond donors (Lipinski definition) is 1. The SMILES string of the molecule is CCCNC(=O)C(C)N(Cc1cccc(Cl)c1)C(=O)Cc1ccccc1F. The molecule has 0 bridgehead atoms. The van der Waals surface area contributed by atoms with Crippen molar-refractivity contribution in [2.24, 2.45) is 0 Å². The first kappa shape index (κ1) is 20.9. The third kappa shape index (κ3) is 6.07. The van der Waals surface area contributed by atoms with E-state index in [4.69, 9.17) is 11.6 Å². The molecule has 1 unspecified atom stereocenters. The summed E-state index contributed by atoms with van der Waals surface area (Å²) in [5, 5.41) is 3.36. The monoisotopic (exact) mass is 390 g/mol. The summed E-state index contributed by atoms with van der Waals surface area (Å²) in [7, 11) is 0. The van der Waals surface area contributed by atoms with Gasteiger partial charge in [-0.2, -0.15) is 0 Å². The fourth-order valence-corrected chi connectivity index (χ4v) is 2.93. The Labute approximate surface area is 164 Å². The van der Waals surface area contributed by atoms with Crippen molar-refractivity contribution >= 4 is 23.4 Å². The molecule has 0 aliphatic carbocycles. The second-order valence-corrected chi connectivity index (χ2v) is 6.82. The van der Waals surface area contributed by atoms with Gasteiger partial charge >= 0.3 is 0 Å². The number of amides is 2. The van der Waals surface area contributed by atoms with Crippen molar-refractivity contribution in [2.75, 3.05) is 6.54 Å². The smallest absolute Gasteiger partial charge is 0.242 e. The molecule has 2 amide bonds. The van der Waals surface area contributed by atoms with Crippen LogP contribution < -0.4 is 5.32 Å². The maximum absolute atomic E-state index is 14.0. The zero-order chi connectivity index (χ0) is 19.8. The van der Waals surface area contributed by atoms with Crippen molar-refractivity contribution in [1.29, 1.82) is 0 Å². The minimum atomic E-state index is -0.685. The number of rotatable bonds is 8. The quantitative estimate of drug-likeness (QED) is 0.741. The van der Waals surface area contributed by atoms with Crippen molar-refractivity contribution < 1.29 is 14.0 Å². The van der Waals surface area contributed by atoms with E-state index in [1.165, 1.54) is 11.0 Å². The standard InChI is InChI=1S/C21H24ClFN2O2/c1-3-11-24-21(27)15(2)25(14-16-7-6-9-18(22)12-16)20(26)13-17-8-4-5-10-19(17)23/h4-10,12,15H,3,11,13-14H2,1-2H3,(H,24,27). The van der Waals surface area contributed by atoms with Gasteiger partial charge in [0.2, 0.25) is 11.8 Å². The first-order valence-electron chi connectivity index (χ1n) is 8.97. The molecule has 0 fully saturated rings. The van der Waals surface area contributed by atoms with Gasteiger partial charge in [0.25, 0.3) is 0 Å². The molecule has 0 heterocycles. The number of halogens is 2. The summed E-state index contributed by atoms with van der Waals surface area (Å²) < 4.78 is 14.0. The molecule has 0 aliphatic rings. The van der Waals surface area contributed by atoms with E-state index in [-0.39, 0.29) is 24.8 Å². The van der Waals surface area contributed by atoms with Crippen LogP contribution in [0.3, 0.4) is 0 Å². The third-order valence-electron chi connectivity index (χ3n) is 4.26. The minimum absolute atomic E-state index is 0.112. The van der Waals surface area contributed by atoms with Crippen LogP contribution in [0.4, 0.5) is 4.39 Å². The van der Waals surface area contributed by atoms with Crippen LogP contribution in [0.1, 0.15) is 31.4 Å². The Kier molecular flexibility index (Phi) is 7.80. The summed E-state index contributed by atoms with van der Waals surface area (Å²) in [5.41, 5.74) is 1.11. The molecule has 27 heavy (non-hydrogen) atoms. The molecule has 2 aromatic rings. The van der Waals surface area contributed by atoms with Crippen molar-refractivity contribution in [1.82, 2.24) is 10.2 Å².